The van der Waals surface area contributed by atoms with Gasteiger partial charge in [-0.1, -0.05) is 0 Å². The highest BCUT2D eigenvalue weighted by molar-refractivity contribution is 5.32. The van der Waals surface area contributed by atoms with Gasteiger partial charge < -0.3 is 9.88 Å². The van der Waals surface area contributed by atoms with Gasteiger partial charge in [0.2, 0.25) is 0 Å². The van der Waals surface area contributed by atoms with Crippen LogP contribution >= 0.6 is 0 Å². The maximum absolute atomic E-state index is 12.1. The standard InChI is InChI=1S/C12H15N5O/c1-16-10(4-5-15-16)8-14-11-12(18)17(7-6-13-11)9-2-3-9/h4-7,9H,2-3,8H2,1H3,(H,13,14). The number of aryl methyl sites for hydroxylation is 1. The van der Waals surface area contributed by atoms with Gasteiger partial charge in [-0.05, 0) is 18.9 Å². The third-order valence-electron chi connectivity index (χ3n) is 3.17. The molecule has 1 aliphatic rings. The third kappa shape index (κ3) is 2.01. The van der Waals surface area contributed by atoms with Gasteiger partial charge in [0.25, 0.3) is 5.56 Å². The monoisotopic (exact) mass is 245 g/mol. The summed E-state index contributed by atoms with van der Waals surface area (Å²) in [6.07, 6.45) is 7.34. The predicted molar refractivity (Wildman–Crippen MR) is 67.3 cm³/mol. The van der Waals surface area contributed by atoms with Gasteiger partial charge in [-0.15, -0.1) is 0 Å². The lowest BCUT2D eigenvalue weighted by molar-refractivity contribution is 0.695. The van der Waals surface area contributed by atoms with E-state index >= 15 is 0 Å². The molecule has 1 saturated carbocycles. The van der Waals surface area contributed by atoms with Crippen molar-refractivity contribution in [2.24, 2.45) is 7.05 Å². The first-order valence-corrected chi connectivity index (χ1v) is 6.03. The molecule has 94 valence electrons. The summed E-state index contributed by atoms with van der Waals surface area (Å²) in [5.74, 6) is 0.408. The lowest BCUT2D eigenvalue weighted by Crippen LogP contribution is -2.23. The number of anilines is 1. The van der Waals surface area contributed by atoms with Crippen molar-refractivity contribution in [3.63, 3.8) is 0 Å². The molecule has 1 fully saturated rings. The van der Waals surface area contributed by atoms with E-state index in [1.165, 1.54) is 0 Å². The van der Waals surface area contributed by atoms with Gasteiger partial charge in [0.05, 0.1) is 12.2 Å². The summed E-state index contributed by atoms with van der Waals surface area (Å²) in [6.45, 7) is 0.549. The molecule has 6 heteroatoms. The first-order valence-electron chi connectivity index (χ1n) is 6.03. The first-order chi connectivity index (χ1) is 8.75. The van der Waals surface area contributed by atoms with Gasteiger partial charge in [-0.2, -0.15) is 5.10 Å². The molecular weight excluding hydrogens is 230 g/mol. The Bertz CT molecular complexity index is 611. The molecule has 0 bridgehead atoms. The summed E-state index contributed by atoms with van der Waals surface area (Å²) in [4.78, 5) is 16.2. The Kier molecular flexibility index (Phi) is 2.62. The van der Waals surface area contributed by atoms with E-state index in [0.717, 1.165) is 18.5 Å². The fourth-order valence-corrected chi connectivity index (χ4v) is 1.94. The van der Waals surface area contributed by atoms with Crippen LogP contribution in [0, 0.1) is 0 Å². The van der Waals surface area contributed by atoms with E-state index in [1.807, 2.05) is 13.1 Å². The molecular formula is C12H15N5O. The molecule has 1 N–H and O–H groups in total. The second kappa shape index (κ2) is 4.29. The van der Waals surface area contributed by atoms with Gasteiger partial charge in [-0.25, -0.2) is 4.98 Å². The van der Waals surface area contributed by atoms with Crippen molar-refractivity contribution >= 4 is 5.82 Å². The zero-order valence-electron chi connectivity index (χ0n) is 10.2. The highest BCUT2D eigenvalue weighted by Gasteiger charge is 2.25. The van der Waals surface area contributed by atoms with Crippen LogP contribution in [0.3, 0.4) is 0 Å². The van der Waals surface area contributed by atoms with Crippen LogP contribution < -0.4 is 10.9 Å². The molecule has 2 aromatic heterocycles. The van der Waals surface area contributed by atoms with Crippen LogP contribution in [0.5, 0.6) is 0 Å². The van der Waals surface area contributed by atoms with Crippen molar-refractivity contribution in [1.29, 1.82) is 0 Å². The molecule has 0 spiro atoms. The number of nitrogens with zero attached hydrogens (tertiary/aromatic N) is 4. The van der Waals surface area contributed by atoms with E-state index in [9.17, 15) is 4.79 Å². The quantitative estimate of drug-likeness (QED) is 0.870. The zero-order chi connectivity index (χ0) is 12.5. The van der Waals surface area contributed by atoms with E-state index in [-0.39, 0.29) is 5.56 Å². The second-order valence-electron chi connectivity index (χ2n) is 4.52. The largest absolute Gasteiger partial charge is 0.360 e. The maximum Gasteiger partial charge on any atom is 0.293 e. The van der Waals surface area contributed by atoms with Gasteiger partial charge in [0.15, 0.2) is 5.82 Å². The molecule has 0 aliphatic heterocycles. The molecule has 0 saturated heterocycles. The molecule has 0 unspecified atom stereocenters. The Labute approximate surface area is 104 Å². The van der Waals surface area contributed by atoms with E-state index in [0.29, 0.717) is 18.4 Å². The predicted octanol–water partition coefficient (Wildman–Crippen LogP) is 0.924. The summed E-state index contributed by atoms with van der Waals surface area (Å²) in [5, 5.41) is 7.15. The number of nitrogens with one attached hydrogen (secondary N) is 1. The Hall–Kier alpha value is -2.11. The van der Waals surface area contributed by atoms with Crippen molar-refractivity contribution in [3.05, 3.63) is 40.7 Å². The molecule has 0 atom stereocenters. The molecule has 2 heterocycles. The molecule has 0 radical (unpaired) electrons. The summed E-state index contributed by atoms with van der Waals surface area (Å²) in [5.41, 5.74) is 0.972. The lowest BCUT2D eigenvalue weighted by Gasteiger charge is -2.08. The van der Waals surface area contributed by atoms with Crippen LogP contribution in [-0.2, 0) is 13.6 Å². The Morgan fingerprint density at radius 3 is 2.94 bits per heavy atom. The SMILES string of the molecule is Cn1nccc1CNc1nccn(C2CC2)c1=O. The maximum atomic E-state index is 12.1. The van der Waals surface area contributed by atoms with Crippen molar-refractivity contribution in [1.82, 2.24) is 19.3 Å². The highest BCUT2D eigenvalue weighted by atomic mass is 16.1. The molecule has 0 amide bonds. The van der Waals surface area contributed by atoms with Crippen molar-refractivity contribution in [3.8, 4) is 0 Å². The second-order valence-corrected chi connectivity index (χ2v) is 4.52. The summed E-state index contributed by atoms with van der Waals surface area (Å²) in [7, 11) is 1.87. The fraction of sp³-hybridized carbons (Fsp3) is 0.417. The average molecular weight is 245 g/mol. The van der Waals surface area contributed by atoms with Gasteiger partial charge in [0, 0.05) is 31.7 Å². The smallest absolute Gasteiger partial charge is 0.293 e. The molecule has 0 aromatic carbocycles. The summed E-state index contributed by atoms with van der Waals surface area (Å²) < 4.78 is 3.54. The summed E-state index contributed by atoms with van der Waals surface area (Å²) >= 11 is 0. The normalized spacial score (nSPS) is 14.7. The molecule has 2 aromatic rings. The third-order valence-corrected chi connectivity index (χ3v) is 3.17. The van der Waals surface area contributed by atoms with Gasteiger partial charge >= 0.3 is 0 Å². The highest BCUT2D eigenvalue weighted by Crippen LogP contribution is 2.33. The lowest BCUT2D eigenvalue weighted by atomic mass is 10.4. The minimum Gasteiger partial charge on any atom is -0.360 e. The minimum absolute atomic E-state index is 0.0397. The van der Waals surface area contributed by atoms with Crippen molar-refractivity contribution in [2.75, 3.05) is 5.32 Å². The first kappa shape index (κ1) is 11.0. The minimum atomic E-state index is -0.0397. The van der Waals surface area contributed by atoms with Crippen LogP contribution in [0.1, 0.15) is 24.6 Å². The average Bonchev–Trinajstić information content (AvgIpc) is 3.12. The topological polar surface area (TPSA) is 64.7 Å². The van der Waals surface area contributed by atoms with E-state index in [4.69, 9.17) is 0 Å². The van der Waals surface area contributed by atoms with Crippen LogP contribution in [0.15, 0.2) is 29.5 Å². The van der Waals surface area contributed by atoms with E-state index < -0.39 is 0 Å². The van der Waals surface area contributed by atoms with Crippen LogP contribution in [0.2, 0.25) is 0 Å². The Balaban J connectivity index is 1.79. The van der Waals surface area contributed by atoms with Crippen LogP contribution in [0.25, 0.3) is 0 Å². The van der Waals surface area contributed by atoms with Gasteiger partial charge in [-0.3, -0.25) is 9.48 Å². The Morgan fingerprint density at radius 1 is 1.44 bits per heavy atom. The number of hydrogen-bond acceptors (Lipinski definition) is 4. The number of aromatic nitrogens is 4. The van der Waals surface area contributed by atoms with Crippen LogP contribution in [-0.4, -0.2) is 19.3 Å². The fourth-order valence-electron chi connectivity index (χ4n) is 1.94. The number of hydrogen-bond donors (Lipinski definition) is 1. The van der Waals surface area contributed by atoms with E-state index in [1.54, 1.807) is 27.8 Å². The molecule has 3 rings (SSSR count). The van der Waals surface area contributed by atoms with Gasteiger partial charge in [0.1, 0.15) is 0 Å². The zero-order valence-corrected chi connectivity index (χ0v) is 10.2. The van der Waals surface area contributed by atoms with Crippen molar-refractivity contribution in [2.45, 2.75) is 25.4 Å². The molecule has 18 heavy (non-hydrogen) atoms. The van der Waals surface area contributed by atoms with Crippen LogP contribution in [0.4, 0.5) is 5.82 Å². The molecule has 1 aliphatic carbocycles. The number of rotatable bonds is 4. The summed E-state index contributed by atoms with van der Waals surface area (Å²) in [6, 6.07) is 2.28. The molecule has 6 nitrogen and oxygen atoms in total. The van der Waals surface area contributed by atoms with E-state index in [2.05, 4.69) is 15.4 Å². The van der Waals surface area contributed by atoms with Crippen molar-refractivity contribution < 1.29 is 0 Å². The Morgan fingerprint density at radius 2 is 2.28 bits per heavy atom.